The number of aromatic nitrogens is 1. The van der Waals surface area contributed by atoms with Crippen molar-refractivity contribution in [1.29, 1.82) is 0 Å². The predicted molar refractivity (Wildman–Crippen MR) is 71.9 cm³/mol. The first-order chi connectivity index (χ1) is 8.38. The number of ether oxygens (including phenoxy) is 1. The maximum atomic E-state index is 5.62. The van der Waals surface area contributed by atoms with Crippen LogP contribution in [0.15, 0.2) is 35.7 Å². The van der Waals surface area contributed by atoms with Gasteiger partial charge in [0.25, 0.3) is 0 Å². The van der Waals surface area contributed by atoms with Crippen LogP contribution < -0.4 is 10.1 Å². The molecule has 0 aliphatic heterocycles. The molecule has 0 aliphatic rings. The molecule has 0 bridgehead atoms. The van der Waals surface area contributed by atoms with Gasteiger partial charge < -0.3 is 10.1 Å². The van der Waals surface area contributed by atoms with Crippen LogP contribution in [0.1, 0.15) is 11.8 Å². The largest absolute Gasteiger partial charge is 0.477 e. The zero-order chi connectivity index (χ0) is 11.9. The molecule has 0 radical (unpaired) electrons. The molecular formula is C13H16N2OS. The first kappa shape index (κ1) is 11.9. The Morgan fingerprint density at radius 2 is 2.24 bits per heavy atom. The fraction of sp³-hybridized carbons (Fsp3) is 0.308. The normalized spacial score (nSPS) is 10.2. The summed E-state index contributed by atoms with van der Waals surface area (Å²) in [6.45, 7) is 3.58. The highest BCUT2D eigenvalue weighted by molar-refractivity contribution is 7.09. The smallest absolute Gasteiger partial charge is 0.215 e. The molecule has 0 saturated heterocycles. The van der Waals surface area contributed by atoms with Gasteiger partial charge in [-0.05, 0) is 24.4 Å². The summed E-state index contributed by atoms with van der Waals surface area (Å²) in [6.07, 6.45) is 0.935. The van der Waals surface area contributed by atoms with E-state index < -0.39 is 0 Å². The van der Waals surface area contributed by atoms with Gasteiger partial charge in [-0.25, -0.2) is 0 Å². The molecule has 0 aliphatic carbocycles. The number of thiophene rings is 1. The van der Waals surface area contributed by atoms with Crippen molar-refractivity contribution in [2.75, 3.05) is 18.5 Å². The highest BCUT2D eigenvalue weighted by atomic mass is 32.1. The molecule has 0 spiro atoms. The van der Waals surface area contributed by atoms with Gasteiger partial charge in [-0.1, -0.05) is 12.1 Å². The summed E-state index contributed by atoms with van der Waals surface area (Å²) < 4.78 is 5.62. The zero-order valence-corrected chi connectivity index (χ0v) is 10.7. The Bertz CT molecular complexity index is 442. The lowest BCUT2D eigenvalue weighted by molar-refractivity contribution is 0.311. The lowest BCUT2D eigenvalue weighted by Crippen LogP contribution is -2.04. The molecule has 90 valence electrons. The quantitative estimate of drug-likeness (QED) is 0.852. The van der Waals surface area contributed by atoms with Crippen LogP contribution in [0.5, 0.6) is 5.88 Å². The Hall–Kier alpha value is -1.55. The molecular weight excluding hydrogens is 232 g/mol. The molecule has 0 fully saturated rings. The average molecular weight is 248 g/mol. The van der Waals surface area contributed by atoms with E-state index in [-0.39, 0.29) is 0 Å². The van der Waals surface area contributed by atoms with Gasteiger partial charge >= 0.3 is 0 Å². The molecule has 1 N–H and O–H groups in total. The zero-order valence-electron chi connectivity index (χ0n) is 9.85. The van der Waals surface area contributed by atoms with Crippen molar-refractivity contribution in [2.45, 2.75) is 13.3 Å². The average Bonchev–Trinajstić information content (AvgIpc) is 2.83. The van der Waals surface area contributed by atoms with Crippen LogP contribution in [0.3, 0.4) is 0 Å². The second kappa shape index (κ2) is 6.25. The Balaban J connectivity index is 1.84. The van der Waals surface area contributed by atoms with Crippen molar-refractivity contribution in [3.63, 3.8) is 0 Å². The van der Waals surface area contributed by atoms with E-state index in [0.717, 1.165) is 18.8 Å². The summed E-state index contributed by atoms with van der Waals surface area (Å²) in [4.78, 5) is 5.69. The van der Waals surface area contributed by atoms with E-state index in [1.807, 2.05) is 25.1 Å². The SMILES string of the molecule is CCNc1cccc(OCCc2cccs2)n1. The van der Waals surface area contributed by atoms with E-state index >= 15 is 0 Å². The second-order valence-corrected chi connectivity index (χ2v) is 4.60. The van der Waals surface area contributed by atoms with Gasteiger partial charge in [-0.2, -0.15) is 4.98 Å². The molecule has 4 heteroatoms. The van der Waals surface area contributed by atoms with E-state index in [1.54, 1.807) is 11.3 Å². The fourth-order valence-electron chi connectivity index (χ4n) is 1.49. The molecule has 0 amide bonds. The van der Waals surface area contributed by atoms with E-state index in [4.69, 9.17) is 4.74 Å². The fourth-order valence-corrected chi connectivity index (χ4v) is 2.18. The van der Waals surface area contributed by atoms with Gasteiger partial charge in [0.15, 0.2) is 0 Å². The van der Waals surface area contributed by atoms with Crippen LogP contribution in [0.2, 0.25) is 0 Å². The van der Waals surface area contributed by atoms with Crippen LogP contribution >= 0.6 is 11.3 Å². The van der Waals surface area contributed by atoms with Gasteiger partial charge in [0.1, 0.15) is 5.82 Å². The van der Waals surface area contributed by atoms with Gasteiger partial charge in [-0.15, -0.1) is 11.3 Å². The number of hydrogen-bond acceptors (Lipinski definition) is 4. The minimum absolute atomic E-state index is 0.670. The summed E-state index contributed by atoms with van der Waals surface area (Å²) >= 11 is 1.76. The summed E-state index contributed by atoms with van der Waals surface area (Å²) in [6, 6.07) is 9.96. The Morgan fingerprint density at radius 1 is 1.29 bits per heavy atom. The number of pyridine rings is 1. The monoisotopic (exact) mass is 248 g/mol. The van der Waals surface area contributed by atoms with Crippen molar-refractivity contribution >= 4 is 17.2 Å². The van der Waals surface area contributed by atoms with Crippen LogP contribution in [0.25, 0.3) is 0 Å². The number of hydrogen-bond donors (Lipinski definition) is 1. The van der Waals surface area contributed by atoms with Crippen LogP contribution in [-0.4, -0.2) is 18.1 Å². The molecule has 3 nitrogen and oxygen atoms in total. The van der Waals surface area contributed by atoms with Gasteiger partial charge in [0, 0.05) is 23.9 Å². The third-order valence-corrected chi connectivity index (χ3v) is 3.20. The summed E-state index contributed by atoms with van der Waals surface area (Å²) in [7, 11) is 0. The lowest BCUT2D eigenvalue weighted by atomic mass is 10.4. The third kappa shape index (κ3) is 3.75. The molecule has 0 atom stereocenters. The summed E-state index contributed by atoms with van der Waals surface area (Å²) in [5.74, 6) is 1.54. The number of nitrogens with one attached hydrogen (secondary N) is 1. The molecule has 2 aromatic heterocycles. The molecule has 2 rings (SSSR count). The maximum Gasteiger partial charge on any atom is 0.215 e. The van der Waals surface area contributed by atoms with Crippen molar-refractivity contribution in [3.05, 3.63) is 40.6 Å². The Morgan fingerprint density at radius 3 is 3.00 bits per heavy atom. The van der Waals surface area contributed by atoms with Crippen molar-refractivity contribution in [2.24, 2.45) is 0 Å². The molecule has 0 saturated carbocycles. The molecule has 0 unspecified atom stereocenters. The van der Waals surface area contributed by atoms with E-state index in [2.05, 4.69) is 27.8 Å². The van der Waals surface area contributed by atoms with Crippen molar-refractivity contribution in [1.82, 2.24) is 4.98 Å². The molecule has 0 aromatic carbocycles. The first-order valence-corrected chi connectivity index (χ1v) is 6.62. The van der Waals surface area contributed by atoms with Gasteiger partial charge in [-0.3, -0.25) is 0 Å². The summed E-state index contributed by atoms with van der Waals surface area (Å²) in [5.41, 5.74) is 0. The van der Waals surface area contributed by atoms with Crippen LogP contribution in [0, 0.1) is 0 Å². The maximum absolute atomic E-state index is 5.62. The van der Waals surface area contributed by atoms with Crippen molar-refractivity contribution in [3.8, 4) is 5.88 Å². The van der Waals surface area contributed by atoms with Gasteiger partial charge in [0.05, 0.1) is 6.61 Å². The standard InChI is InChI=1S/C13H16N2OS/c1-2-14-12-6-3-7-13(15-12)16-9-8-11-5-4-10-17-11/h3-7,10H,2,8-9H2,1H3,(H,14,15). The Labute approximate surface area is 105 Å². The summed E-state index contributed by atoms with van der Waals surface area (Å²) in [5, 5.41) is 5.25. The second-order valence-electron chi connectivity index (χ2n) is 3.57. The van der Waals surface area contributed by atoms with E-state index in [1.165, 1.54) is 4.88 Å². The molecule has 2 heterocycles. The first-order valence-electron chi connectivity index (χ1n) is 5.74. The van der Waals surface area contributed by atoms with Crippen molar-refractivity contribution < 1.29 is 4.74 Å². The molecule has 2 aromatic rings. The van der Waals surface area contributed by atoms with E-state index in [9.17, 15) is 0 Å². The molecule has 17 heavy (non-hydrogen) atoms. The number of nitrogens with zero attached hydrogens (tertiary/aromatic N) is 1. The third-order valence-electron chi connectivity index (χ3n) is 2.26. The minimum Gasteiger partial charge on any atom is -0.477 e. The highest BCUT2D eigenvalue weighted by Crippen LogP contribution is 2.13. The topological polar surface area (TPSA) is 34.1 Å². The number of anilines is 1. The van der Waals surface area contributed by atoms with Gasteiger partial charge in [0.2, 0.25) is 5.88 Å². The van der Waals surface area contributed by atoms with Crippen LogP contribution in [-0.2, 0) is 6.42 Å². The highest BCUT2D eigenvalue weighted by Gasteiger charge is 1.99. The predicted octanol–water partition coefficient (Wildman–Crippen LogP) is 3.20. The number of rotatable bonds is 6. The van der Waals surface area contributed by atoms with E-state index in [0.29, 0.717) is 12.5 Å². The minimum atomic E-state index is 0.670. The Kier molecular flexibility index (Phi) is 4.38. The lowest BCUT2D eigenvalue weighted by Gasteiger charge is -2.06. The van der Waals surface area contributed by atoms with Crippen LogP contribution in [0.4, 0.5) is 5.82 Å².